The number of benzene rings is 1. The van der Waals surface area contributed by atoms with E-state index < -0.39 is 0 Å². The largest absolute Gasteiger partial charge is 0.493 e. The fourth-order valence-corrected chi connectivity index (χ4v) is 1.81. The third kappa shape index (κ3) is 4.09. The molecule has 1 aromatic carbocycles. The van der Waals surface area contributed by atoms with Gasteiger partial charge in [0.05, 0.1) is 14.2 Å². The van der Waals surface area contributed by atoms with Crippen molar-refractivity contribution in [1.82, 2.24) is 5.32 Å². The predicted octanol–water partition coefficient (Wildman–Crippen LogP) is 2.45. The molecule has 96 valence electrons. The van der Waals surface area contributed by atoms with E-state index >= 15 is 0 Å². The van der Waals surface area contributed by atoms with Crippen molar-refractivity contribution in [3.05, 3.63) is 16.6 Å². The Balaban J connectivity index is 2.79. The lowest BCUT2D eigenvalue weighted by atomic mass is 10.3. The van der Waals surface area contributed by atoms with Crippen LogP contribution in [0.3, 0.4) is 0 Å². The molecule has 0 heterocycles. The van der Waals surface area contributed by atoms with E-state index in [9.17, 15) is 0 Å². The Morgan fingerprint density at radius 1 is 1.18 bits per heavy atom. The van der Waals surface area contributed by atoms with Crippen LogP contribution in [0.15, 0.2) is 16.6 Å². The molecule has 0 bridgehead atoms. The van der Waals surface area contributed by atoms with Crippen molar-refractivity contribution in [2.75, 3.05) is 33.9 Å². The molecule has 0 saturated heterocycles. The Morgan fingerprint density at radius 3 is 2.24 bits per heavy atom. The minimum absolute atomic E-state index is 0.572. The van der Waals surface area contributed by atoms with Gasteiger partial charge < -0.3 is 19.5 Å². The van der Waals surface area contributed by atoms with E-state index in [-0.39, 0.29) is 0 Å². The highest BCUT2D eigenvalue weighted by molar-refractivity contribution is 9.10. The first-order valence-electron chi connectivity index (χ1n) is 5.48. The van der Waals surface area contributed by atoms with Gasteiger partial charge in [-0.25, -0.2) is 0 Å². The summed E-state index contributed by atoms with van der Waals surface area (Å²) in [5, 5.41) is 3.19. The van der Waals surface area contributed by atoms with Crippen molar-refractivity contribution in [1.29, 1.82) is 0 Å². The molecule has 5 heteroatoms. The molecule has 0 amide bonds. The minimum atomic E-state index is 0.572. The van der Waals surface area contributed by atoms with Crippen LogP contribution in [0.25, 0.3) is 0 Å². The van der Waals surface area contributed by atoms with Crippen molar-refractivity contribution in [3.8, 4) is 17.2 Å². The topological polar surface area (TPSA) is 39.7 Å². The van der Waals surface area contributed by atoms with E-state index in [0.717, 1.165) is 17.6 Å². The maximum Gasteiger partial charge on any atom is 0.203 e. The van der Waals surface area contributed by atoms with Crippen LogP contribution in [0.5, 0.6) is 17.2 Å². The highest BCUT2D eigenvalue weighted by atomic mass is 79.9. The molecular weight excluding hydrogens is 286 g/mol. The lowest BCUT2D eigenvalue weighted by Gasteiger charge is -2.14. The Kier molecular flexibility index (Phi) is 6.15. The average Bonchev–Trinajstić information content (AvgIpc) is 2.35. The number of nitrogens with one attached hydrogen (secondary N) is 1. The Morgan fingerprint density at radius 2 is 1.76 bits per heavy atom. The zero-order valence-electron chi connectivity index (χ0n) is 10.4. The Labute approximate surface area is 110 Å². The van der Waals surface area contributed by atoms with Gasteiger partial charge in [-0.2, -0.15) is 0 Å². The van der Waals surface area contributed by atoms with Gasteiger partial charge in [-0.15, -0.1) is 0 Å². The maximum absolute atomic E-state index is 5.67. The lowest BCUT2D eigenvalue weighted by molar-refractivity contribution is 0.274. The Bertz CT molecular complexity index is 333. The van der Waals surface area contributed by atoms with Crippen LogP contribution in [0.1, 0.15) is 6.92 Å². The molecule has 0 fully saturated rings. The number of hydrogen-bond acceptors (Lipinski definition) is 4. The Hall–Kier alpha value is -0.940. The summed E-state index contributed by atoms with van der Waals surface area (Å²) in [6.45, 7) is 4.35. The van der Waals surface area contributed by atoms with Crippen LogP contribution in [0.2, 0.25) is 0 Å². The maximum atomic E-state index is 5.67. The normalized spacial score (nSPS) is 10.1. The van der Waals surface area contributed by atoms with E-state index in [4.69, 9.17) is 14.2 Å². The second-order valence-electron chi connectivity index (χ2n) is 3.34. The summed E-state index contributed by atoms with van der Waals surface area (Å²) in [4.78, 5) is 0. The molecule has 0 aliphatic carbocycles. The van der Waals surface area contributed by atoms with Crippen molar-refractivity contribution in [2.24, 2.45) is 0 Å². The molecule has 1 N–H and O–H groups in total. The van der Waals surface area contributed by atoms with E-state index in [1.54, 1.807) is 14.2 Å². The monoisotopic (exact) mass is 303 g/mol. The summed E-state index contributed by atoms with van der Waals surface area (Å²) in [5.74, 6) is 1.96. The summed E-state index contributed by atoms with van der Waals surface area (Å²) in [7, 11) is 3.22. The van der Waals surface area contributed by atoms with Crippen molar-refractivity contribution < 1.29 is 14.2 Å². The van der Waals surface area contributed by atoms with Gasteiger partial charge in [0.15, 0.2) is 11.5 Å². The molecule has 0 saturated carbocycles. The van der Waals surface area contributed by atoms with Gasteiger partial charge in [-0.3, -0.25) is 0 Å². The van der Waals surface area contributed by atoms with Crippen LogP contribution in [0, 0.1) is 0 Å². The van der Waals surface area contributed by atoms with Crippen LogP contribution in [0.4, 0.5) is 0 Å². The highest BCUT2D eigenvalue weighted by Gasteiger charge is 2.13. The molecule has 0 aliphatic rings. The number of ether oxygens (including phenoxy) is 3. The third-order valence-electron chi connectivity index (χ3n) is 2.20. The predicted molar refractivity (Wildman–Crippen MR) is 71.3 cm³/mol. The van der Waals surface area contributed by atoms with Crippen molar-refractivity contribution in [2.45, 2.75) is 6.92 Å². The molecule has 0 aromatic heterocycles. The van der Waals surface area contributed by atoms with E-state index in [2.05, 4.69) is 28.2 Å². The quantitative estimate of drug-likeness (QED) is 0.786. The number of likely N-dealkylation sites (N-methyl/N-ethyl adjacent to an activating group) is 1. The molecule has 0 spiro atoms. The molecular formula is C12H18BrNO3. The summed E-state index contributed by atoms with van der Waals surface area (Å²) in [5.41, 5.74) is 0. The number of methoxy groups -OCH3 is 2. The van der Waals surface area contributed by atoms with Gasteiger partial charge in [0.2, 0.25) is 5.75 Å². The van der Waals surface area contributed by atoms with E-state index in [0.29, 0.717) is 23.9 Å². The fourth-order valence-electron chi connectivity index (χ4n) is 1.39. The van der Waals surface area contributed by atoms with Gasteiger partial charge in [0.1, 0.15) is 6.61 Å². The van der Waals surface area contributed by atoms with Crippen LogP contribution < -0.4 is 19.5 Å². The molecule has 1 rings (SSSR count). The van der Waals surface area contributed by atoms with Crippen LogP contribution in [-0.4, -0.2) is 33.9 Å². The first kappa shape index (κ1) is 14.1. The molecule has 0 radical (unpaired) electrons. The highest BCUT2D eigenvalue weighted by Crippen LogP contribution is 2.39. The molecule has 0 atom stereocenters. The van der Waals surface area contributed by atoms with E-state index in [1.165, 1.54) is 0 Å². The van der Waals surface area contributed by atoms with Gasteiger partial charge in [-0.05, 0) is 18.7 Å². The number of halogens is 1. The van der Waals surface area contributed by atoms with Crippen molar-refractivity contribution in [3.63, 3.8) is 0 Å². The minimum Gasteiger partial charge on any atom is -0.493 e. The summed E-state index contributed by atoms with van der Waals surface area (Å²) < 4.78 is 17.1. The second-order valence-corrected chi connectivity index (χ2v) is 4.26. The first-order chi connectivity index (χ1) is 8.22. The van der Waals surface area contributed by atoms with Gasteiger partial charge in [0, 0.05) is 11.0 Å². The SMILES string of the molecule is CCNCCOc1c(OC)cc(Br)cc1OC. The summed E-state index contributed by atoms with van der Waals surface area (Å²) in [6, 6.07) is 3.70. The molecule has 1 aromatic rings. The molecule has 0 unspecified atom stereocenters. The third-order valence-corrected chi connectivity index (χ3v) is 2.66. The van der Waals surface area contributed by atoms with Crippen molar-refractivity contribution >= 4 is 15.9 Å². The number of rotatable bonds is 7. The molecule has 4 nitrogen and oxygen atoms in total. The van der Waals surface area contributed by atoms with Crippen LogP contribution in [-0.2, 0) is 0 Å². The van der Waals surface area contributed by atoms with Gasteiger partial charge in [-0.1, -0.05) is 22.9 Å². The van der Waals surface area contributed by atoms with Gasteiger partial charge in [0.25, 0.3) is 0 Å². The first-order valence-corrected chi connectivity index (χ1v) is 6.27. The standard InChI is InChI=1S/C12H18BrNO3/c1-4-14-5-6-17-12-10(15-2)7-9(13)8-11(12)16-3/h7-8,14H,4-6H2,1-3H3. The van der Waals surface area contributed by atoms with Gasteiger partial charge >= 0.3 is 0 Å². The molecule has 17 heavy (non-hydrogen) atoms. The summed E-state index contributed by atoms with van der Waals surface area (Å²) in [6.07, 6.45) is 0. The molecule has 0 aliphatic heterocycles. The summed E-state index contributed by atoms with van der Waals surface area (Å²) >= 11 is 3.39. The number of hydrogen-bond donors (Lipinski definition) is 1. The lowest BCUT2D eigenvalue weighted by Crippen LogP contribution is -2.20. The smallest absolute Gasteiger partial charge is 0.203 e. The zero-order valence-corrected chi connectivity index (χ0v) is 12.0. The average molecular weight is 304 g/mol. The van der Waals surface area contributed by atoms with E-state index in [1.807, 2.05) is 12.1 Å². The van der Waals surface area contributed by atoms with Crippen LogP contribution >= 0.6 is 15.9 Å². The zero-order chi connectivity index (χ0) is 12.7. The fraction of sp³-hybridized carbons (Fsp3) is 0.500. The second kappa shape index (κ2) is 7.40.